The van der Waals surface area contributed by atoms with E-state index in [9.17, 15) is 14.4 Å². The van der Waals surface area contributed by atoms with Crippen molar-refractivity contribution in [1.29, 1.82) is 5.26 Å². The second kappa shape index (κ2) is 7.45. The molecule has 0 spiro atoms. The summed E-state index contributed by atoms with van der Waals surface area (Å²) in [4.78, 5) is 19.3. The average molecular weight is 404 g/mol. The molecule has 2 aliphatic rings. The van der Waals surface area contributed by atoms with Gasteiger partial charge in [-0.05, 0) is 56.0 Å². The molecule has 1 aromatic heterocycles. The molecule has 6 nitrogen and oxygen atoms in total. The number of nitriles is 1. The molecule has 1 aliphatic heterocycles. The van der Waals surface area contributed by atoms with E-state index in [4.69, 9.17) is 4.42 Å². The molecule has 1 saturated carbocycles. The Morgan fingerprint density at radius 3 is 2.70 bits per heavy atom. The fraction of sp³-hybridized carbons (Fsp3) is 0.348. The number of fused-ring (bicyclic) bond motifs is 1. The molecule has 1 amide bonds. The van der Waals surface area contributed by atoms with Crippen molar-refractivity contribution in [1.82, 2.24) is 4.98 Å². The van der Waals surface area contributed by atoms with Gasteiger partial charge in [0.25, 0.3) is 0 Å². The number of piperidine rings is 1. The zero-order valence-corrected chi connectivity index (χ0v) is 16.4. The fourth-order valence-electron chi connectivity index (χ4n) is 4.03. The van der Waals surface area contributed by atoms with Gasteiger partial charge in [0.1, 0.15) is 17.4 Å². The highest BCUT2D eigenvalue weighted by atomic mass is 19.1. The number of benzene rings is 2. The zero-order valence-electron chi connectivity index (χ0n) is 16.4. The lowest BCUT2D eigenvalue weighted by molar-refractivity contribution is -0.120. The maximum Gasteiger partial charge on any atom is 0.227 e. The smallest absolute Gasteiger partial charge is 0.227 e. The monoisotopic (exact) mass is 404 g/mol. The number of anilines is 2. The molecular formula is C23H21FN4O2. The Labute approximate surface area is 173 Å². The van der Waals surface area contributed by atoms with Gasteiger partial charge in [0.15, 0.2) is 11.5 Å². The predicted molar refractivity (Wildman–Crippen MR) is 111 cm³/mol. The van der Waals surface area contributed by atoms with Crippen LogP contribution in [0.2, 0.25) is 0 Å². The molecule has 2 fully saturated rings. The van der Waals surface area contributed by atoms with Crippen LogP contribution in [-0.4, -0.2) is 24.0 Å². The van der Waals surface area contributed by atoms with E-state index in [0.29, 0.717) is 48.7 Å². The van der Waals surface area contributed by atoms with E-state index in [1.54, 1.807) is 6.07 Å². The molecular weight excluding hydrogens is 383 g/mol. The Morgan fingerprint density at radius 2 is 1.97 bits per heavy atom. The van der Waals surface area contributed by atoms with Crippen molar-refractivity contribution < 1.29 is 13.6 Å². The molecule has 1 N–H and O–H groups in total. The van der Waals surface area contributed by atoms with Crippen LogP contribution in [-0.2, 0) is 4.79 Å². The molecule has 0 bridgehead atoms. The van der Waals surface area contributed by atoms with Crippen LogP contribution in [0.3, 0.4) is 0 Å². The minimum absolute atomic E-state index is 0.0180. The lowest BCUT2D eigenvalue weighted by atomic mass is 9.95. The summed E-state index contributed by atoms with van der Waals surface area (Å²) in [5.41, 5.74) is 3.27. The predicted octanol–water partition coefficient (Wildman–Crippen LogP) is 4.57. The summed E-state index contributed by atoms with van der Waals surface area (Å²) in [6, 6.07) is 11.9. The maximum absolute atomic E-state index is 13.4. The average Bonchev–Trinajstić information content (AvgIpc) is 3.53. The van der Waals surface area contributed by atoms with Crippen LogP contribution in [0.4, 0.5) is 15.8 Å². The van der Waals surface area contributed by atoms with Crippen molar-refractivity contribution >= 4 is 28.4 Å². The number of hydrogen-bond donors (Lipinski definition) is 1. The first-order valence-electron chi connectivity index (χ1n) is 10.3. The minimum Gasteiger partial charge on any atom is -0.440 e. The quantitative estimate of drug-likeness (QED) is 0.689. The largest absolute Gasteiger partial charge is 0.440 e. The highest BCUT2D eigenvalue weighted by Crippen LogP contribution is 2.40. The van der Waals surface area contributed by atoms with Crippen LogP contribution in [0, 0.1) is 23.1 Å². The van der Waals surface area contributed by atoms with Gasteiger partial charge in [-0.25, -0.2) is 9.37 Å². The van der Waals surface area contributed by atoms with Crippen molar-refractivity contribution in [3.63, 3.8) is 0 Å². The van der Waals surface area contributed by atoms with E-state index in [1.165, 1.54) is 12.1 Å². The number of amides is 1. The van der Waals surface area contributed by atoms with Gasteiger partial charge in [-0.2, -0.15) is 5.26 Å². The second-order valence-electron chi connectivity index (χ2n) is 8.03. The summed E-state index contributed by atoms with van der Waals surface area (Å²) in [5.74, 6) is 0.689. The van der Waals surface area contributed by atoms with Gasteiger partial charge < -0.3 is 14.6 Å². The number of nitrogens with zero attached hydrogens (tertiary/aromatic N) is 3. The molecule has 0 radical (unpaired) electrons. The first-order valence-corrected chi connectivity index (χ1v) is 10.3. The van der Waals surface area contributed by atoms with Crippen LogP contribution in [0.1, 0.15) is 43.1 Å². The number of carbonyl (C=O) groups is 1. The number of rotatable bonds is 4. The third-order valence-corrected chi connectivity index (χ3v) is 5.88. The third-order valence-electron chi connectivity index (χ3n) is 5.88. The molecule has 7 heteroatoms. The number of nitrogens with one attached hydrogen (secondary N) is 1. The van der Waals surface area contributed by atoms with E-state index >= 15 is 0 Å². The van der Waals surface area contributed by atoms with E-state index in [-0.39, 0.29) is 11.8 Å². The second-order valence-corrected chi connectivity index (χ2v) is 8.03. The molecule has 2 aromatic carbocycles. The summed E-state index contributed by atoms with van der Waals surface area (Å²) in [5, 5.41) is 12.3. The normalized spacial score (nSPS) is 17.1. The Bertz CT molecular complexity index is 1150. The Kier molecular flexibility index (Phi) is 4.62. The SMILES string of the molecule is N#Cc1cc(F)ccc1N1CCC(C(=O)Nc2ccc3nc(C4CC4)oc3c2)CC1. The minimum atomic E-state index is -0.419. The lowest BCUT2D eigenvalue weighted by Gasteiger charge is -2.33. The molecule has 0 unspecified atom stereocenters. The highest BCUT2D eigenvalue weighted by molar-refractivity contribution is 5.94. The van der Waals surface area contributed by atoms with Gasteiger partial charge in [0.05, 0.1) is 11.3 Å². The number of oxazole rings is 1. The first-order chi connectivity index (χ1) is 14.6. The standard InChI is InChI=1S/C23H21FN4O2/c24-17-3-6-20(16(11-17)13-25)28-9-7-14(8-10-28)22(29)26-18-4-5-19-21(12-18)30-23(27-19)15-1-2-15/h3-6,11-12,14-15H,1-2,7-10H2,(H,26,29). The molecule has 1 saturated heterocycles. The number of hydrogen-bond acceptors (Lipinski definition) is 5. The van der Waals surface area contributed by atoms with Gasteiger partial charge in [0.2, 0.25) is 5.91 Å². The molecule has 0 atom stereocenters. The van der Waals surface area contributed by atoms with Crippen LogP contribution >= 0.6 is 0 Å². The summed E-state index contributed by atoms with van der Waals surface area (Å²) < 4.78 is 19.2. The van der Waals surface area contributed by atoms with Gasteiger partial charge in [-0.3, -0.25) is 4.79 Å². The van der Waals surface area contributed by atoms with Crippen LogP contribution in [0.5, 0.6) is 0 Å². The Morgan fingerprint density at radius 1 is 1.17 bits per heavy atom. The zero-order chi connectivity index (χ0) is 20.7. The van der Waals surface area contributed by atoms with Crippen molar-refractivity contribution in [2.24, 2.45) is 5.92 Å². The van der Waals surface area contributed by atoms with E-state index in [1.807, 2.05) is 23.1 Å². The lowest BCUT2D eigenvalue weighted by Crippen LogP contribution is -2.38. The van der Waals surface area contributed by atoms with Crippen LogP contribution < -0.4 is 10.2 Å². The molecule has 2 heterocycles. The molecule has 152 valence electrons. The summed E-state index contributed by atoms with van der Waals surface area (Å²) in [7, 11) is 0. The highest BCUT2D eigenvalue weighted by Gasteiger charge is 2.29. The Balaban J connectivity index is 1.23. The summed E-state index contributed by atoms with van der Waals surface area (Å²) >= 11 is 0. The first kappa shape index (κ1) is 18.6. The number of halogens is 1. The molecule has 30 heavy (non-hydrogen) atoms. The van der Waals surface area contributed by atoms with Crippen molar-refractivity contribution in [2.75, 3.05) is 23.3 Å². The maximum atomic E-state index is 13.4. The molecule has 3 aromatic rings. The summed E-state index contributed by atoms with van der Waals surface area (Å²) in [6.07, 6.45) is 3.60. The summed E-state index contributed by atoms with van der Waals surface area (Å²) in [6.45, 7) is 1.29. The number of aromatic nitrogens is 1. The van der Waals surface area contributed by atoms with E-state index in [0.717, 1.165) is 29.9 Å². The molecule has 1 aliphatic carbocycles. The van der Waals surface area contributed by atoms with E-state index < -0.39 is 5.82 Å². The van der Waals surface area contributed by atoms with Gasteiger partial charge >= 0.3 is 0 Å². The van der Waals surface area contributed by atoms with Crippen LogP contribution in [0.15, 0.2) is 40.8 Å². The van der Waals surface area contributed by atoms with Crippen LogP contribution in [0.25, 0.3) is 11.1 Å². The van der Waals surface area contributed by atoms with Gasteiger partial charge in [0, 0.05) is 36.7 Å². The van der Waals surface area contributed by atoms with Gasteiger partial charge in [-0.15, -0.1) is 0 Å². The van der Waals surface area contributed by atoms with Crippen molar-refractivity contribution in [3.05, 3.63) is 53.7 Å². The van der Waals surface area contributed by atoms with E-state index in [2.05, 4.69) is 16.4 Å². The van der Waals surface area contributed by atoms with Gasteiger partial charge in [-0.1, -0.05) is 0 Å². The van der Waals surface area contributed by atoms with Crippen molar-refractivity contribution in [3.8, 4) is 6.07 Å². The fourth-order valence-corrected chi connectivity index (χ4v) is 4.03. The third kappa shape index (κ3) is 3.61. The van der Waals surface area contributed by atoms with Crippen molar-refractivity contribution in [2.45, 2.75) is 31.6 Å². The number of carbonyl (C=O) groups excluding carboxylic acids is 1. The Hall–Kier alpha value is -3.40. The molecule has 5 rings (SSSR count). The topological polar surface area (TPSA) is 82.2 Å².